The van der Waals surface area contributed by atoms with Gasteiger partial charge in [0, 0.05) is 43.5 Å². The molecular weight excluding hydrogens is 298 g/mol. The fourth-order valence-electron chi connectivity index (χ4n) is 3.45. The fourth-order valence-corrected chi connectivity index (χ4v) is 3.45. The van der Waals surface area contributed by atoms with E-state index in [1.54, 1.807) is 0 Å². The van der Waals surface area contributed by atoms with Gasteiger partial charge in [-0.15, -0.1) is 0 Å². The lowest BCUT2D eigenvalue weighted by atomic mass is 9.82. The predicted octanol–water partition coefficient (Wildman–Crippen LogP) is 3.39. The van der Waals surface area contributed by atoms with Crippen LogP contribution in [0.3, 0.4) is 0 Å². The Hall–Kier alpha value is -1.78. The van der Waals surface area contributed by atoms with Crippen LogP contribution in [0.4, 0.5) is 0 Å². The molecule has 0 spiro atoms. The quantitative estimate of drug-likeness (QED) is 0.936. The zero-order chi connectivity index (χ0) is 17.2. The lowest BCUT2D eigenvalue weighted by Crippen LogP contribution is -2.42. The lowest BCUT2D eigenvalue weighted by molar-refractivity contribution is -0.0282. The minimum absolute atomic E-state index is 0.359. The van der Waals surface area contributed by atoms with E-state index < -0.39 is 5.60 Å². The van der Waals surface area contributed by atoms with Gasteiger partial charge in [-0.1, -0.05) is 38.1 Å². The van der Waals surface area contributed by atoms with Crippen molar-refractivity contribution in [2.24, 2.45) is 0 Å². The van der Waals surface area contributed by atoms with E-state index in [9.17, 15) is 5.11 Å². The van der Waals surface area contributed by atoms with Crippen molar-refractivity contribution in [3.05, 3.63) is 59.2 Å². The van der Waals surface area contributed by atoms with Crippen LogP contribution in [-0.4, -0.2) is 33.1 Å². The van der Waals surface area contributed by atoms with Crippen molar-refractivity contribution >= 4 is 0 Å². The van der Waals surface area contributed by atoms with Crippen molar-refractivity contribution < 1.29 is 5.11 Å². The Balaban J connectivity index is 1.62. The third-order valence-electron chi connectivity index (χ3n) is 4.98. The summed E-state index contributed by atoms with van der Waals surface area (Å²) in [7, 11) is 0. The van der Waals surface area contributed by atoms with E-state index >= 15 is 0 Å². The molecule has 1 aromatic carbocycles. The summed E-state index contributed by atoms with van der Waals surface area (Å²) in [6.07, 6.45) is 5.40. The van der Waals surface area contributed by atoms with Crippen LogP contribution in [0.15, 0.2) is 36.7 Å². The first-order valence-electron chi connectivity index (χ1n) is 8.79. The van der Waals surface area contributed by atoms with Crippen LogP contribution in [0, 0.1) is 6.92 Å². The van der Waals surface area contributed by atoms with Crippen molar-refractivity contribution in [2.45, 2.75) is 51.7 Å². The molecule has 0 radical (unpaired) electrons. The van der Waals surface area contributed by atoms with Crippen LogP contribution in [0.2, 0.25) is 0 Å². The number of rotatable bonds is 4. The van der Waals surface area contributed by atoms with Gasteiger partial charge in [0.2, 0.25) is 0 Å². The van der Waals surface area contributed by atoms with Crippen LogP contribution in [-0.2, 0) is 12.1 Å². The Kier molecular flexibility index (Phi) is 4.97. The summed E-state index contributed by atoms with van der Waals surface area (Å²) in [4.78, 5) is 11.3. The number of benzene rings is 1. The van der Waals surface area contributed by atoms with Gasteiger partial charge in [0.05, 0.1) is 5.60 Å². The lowest BCUT2D eigenvalue weighted by Gasteiger charge is -2.39. The van der Waals surface area contributed by atoms with Gasteiger partial charge in [0.25, 0.3) is 0 Å². The highest BCUT2D eigenvalue weighted by atomic mass is 16.3. The van der Waals surface area contributed by atoms with Gasteiger partial charge in [-0.05, 0) is 30.9 Å². The highest BCUT2D eigenvalue weighted by Crippen LogP contribution is 2.34. The van der Waals surface area contributed by atoms with Gasteiger partial charge >= 0.3 is 0 Å². The molecule has 1 aromatic heterocycles. The summed E-state index contributed by atoms with van der Waals surface area (Å²) in [5, 5.41) is 11.1. The predicted molar refractivity (Wildman–Crippen MR) is 95.7 cm³/mol. The summed E-state index contributed by atoms with van der Waals surface area (Å²) in [5.41, 5.74) is 2.70. The van der Waals surface area contributed by atoms with Gasteiger partial charge < -0.3 is 5.11 Å². The smallest absolute Gasteiger partial charge is 0.130 e. The first kappa shape index (κ1) is 17.1. The van der Waals surface area contributed by atoms with E-state index in [1.165, 1.54) is 5.56 Å². The van der Waals surface area contributed by atoms with Crippen molar-refractivity contribution in [3.8, 4) is 0 Å². The molecule has 0 unspecified atom stereocenters. The topological polar surface area (TPSA) is 49.2 Å². The molecule has 3 rings (SSSR count). The molecular formula is C20H27N3O. The van der Waals surface area contributed by atoms with Gasteiger partial charge in [0.15, 0.2) is 0 Å². The number of hydrogen-bond donors (Lipinski definition) is 1. The number of piperidine rings is 1. The minimum atomic E-state index is -0.695. The van der Waals surface area contributed by atoms with Crippen LogP contribution in [0.25, 0.3) is 0 Å². The maximum absolute atomic E-state index is 11.1. The Morgan fingerprint density at radius 3 is 2.33 bits per heavy atom. The molecule has 4 nitrogen and oxygen atoms in total. The molecule has 24 heavy (non-hydrogen) atoms. The van der Waals surface area contributed by atoms with E-state index in [0.29, 0.717) is 5.92 Å². The molecule has 1 saturated heterocycles. The molecule has 1 aliphatic heterocycles. The van der Waals surface area contributed by atoms with Crippen molar-refractivity contribution in [2.75, 3.05) is 13.1 Å². The van der Waals surface area contributed by atoms with Gasteiger partial charge in [0.1, 0.15) is 5.82 Å². The highest BCUT2D eigenvalue weighted by molar-refractivity contribution is 5.31. The molecule has 2 aromatic rings. The maximum Gasteiger partial charge on any atom is 0.130 e. The Morgan fingerprint density at radius 1 is 1.12 bits per heavy atom. The number of nitrogens with zero attached hydrogens (tertiary/aromatic N) is 3. The van der Waals surface area contributed by atoms with Crippen LogP contribution >= 0.6 is 0 Å². The zero-order valence-corrected chi connectivity index (χ0v) is 14.9. The van der Waals surface area contributed by atoms with E-state index in [2.05, 4.69) is 47.8 Å². The first-order chi connectivity index (χ1) is 11.5. The maximum atomic E-state index is 11.1. The van der Waals surface area contributed by atoms with E-state index in [0.717, 1.165) is 49.4 Å². The molecule has 0 aliphatic carbocycles. The third-order valence-corrected chi connectivity index (χ3v) is 4.98. The van der Waals surface area contributed by atoms with Gasteiger partial charge in [-0.25, -0.2) is 9.97 Å². The molecule has 2 heterocycles. The number of aliphatic hydroxyl groups is 1. The summed E-state index contributed by atoms with van der Waals surface area (Å²) in [5.74, 6) is 1.25. The molecule has 1 fully saturated rings. The summed E-state index contributed by atoms with van der Waals surface area (Å²) >= 11 is 0. The highest BCUT2D eigenvalue weighted by Gasteiger charge is 2.34. The number of aryl methyl sites for hydroxylation is 1. The largest absolute Gasteiger partial charge is 0.385 e. The third kappa shape index (κ3) is 3.65. The second kappa shape index (κ2) is 6.99. The van der Waals surface area contributed by atoms with Crippen LogP contribution in [0.5, 0.6) is 0 Å². The number of aromatic nitrogens is 2. The summed E-state index contributed by atoms with van der Waals surface area (Å²) in [6, 6.07) is 8.18. The molecule has 0 amide bonds. The molecule has 0 bridgehead atoms. The average molecular weight is 325 g/mol. The molecule has 4 heteroatoms. The zero-order valence-electron chi connectivity index (χ0n) is 14.9. The minimum Gasteiger partial charge on any atom is -0.385 e. The summed E-state index contributed by atoms with van der Waals surface area (Å²) < 4.78 is 0. The fraction of sp³-hybridized carbons (Fsp3) is 0.500. The Bertz CT molecular complexity index is 674. The molecule has 1 N–H and O–H groups in total. The van der Waals surface area contributed by atoms with Gasteiger partial charge in [-0.3, -0.25) is 4.90 Å². The standard InChI is InChI=1S/C20H27N3O/c1-15(2)19-21-12-17(13-22-19)14-23-10-8-20(24,9-11-23)18-7-5-4-6-16(18)3/h4-7,12-13,15,24H,8-11,14H2,1-3H3. The van der Waals surface area contributed by atoms with E-state index in [-0.39, 0.29) is 0 Å². The second-order valence-corrected chi connectivity index (χ2v) is 7.23. The van der Waals surface area contributed by atoms with E-state index in [4.69, 9.17) is 0 Å². The monoisotopic (exact) mass is 325 g/mol. The molecule has 128 valence electrons. The van der Waals surface area contributed by atoms with Crippen LogP contribution < -0.4 is 0 Å². The van der Waals surface area contributed by atoms with Crippen molar-refractivity contribution in [1.29, 1.82) is 0 Å². The van der Waals surface area contributed by atoms with Crippen molar-refractivity contribution in [3.63, 3.8) is 0 Å². The first-order valence-corrected chi connectivity index (χ1v) is 8.79. The normalized spacial score (nSPS) is 18.0. The molecule has 0 saturated carbocycles. The summed E-state index contributed by atoms with van der Waals surface area (Å²) in [6.45, 7) is 8.90. The molecule has 1 aliphatic rings. The van der Waals surface area contributed by atoms with E-state index in [1.807, 2.05) is 24.5 Å². The average Bonchev–Trinajstić information content (AvgIpc) is 2.58. The number of hydrogen-bond acceptors (Lipinski definition) is 4. The number of likely N-dealkylation sites (tertiary alicyclic amines) is 1. The van der Waals surface area contributed by atoms with Gasteiger partial charge in [-0.2, -0.15) is 0 Å². The SMILES string of the molecule is Cc1ccccc1C1(O)CCN(Cc2cnc(C(C)C)nc2)CC1. The van der Waals surface area contributed by atoms with Crippen LogP contribution in [0.1, 0.15) is 55.1 Å². The second-order valence-electron chi connectivity index (χ2n) is 7.23. The Morgan fingerprint density at radius 2 is 1.75 bits per heavy atom. The van der Waals surface area contributed by atoms with Crippen molar-refractivity contribution in [1.82, 2.24) is 14.9 Å². The molecule has 0 atom stereocenters. The Labute approximate surface area is 144 Å².